The van der Waals surface area contributed by atoms with Crippen molar-refractivity contribution in [3.8, 4) is 0 Å². The highest BCUT2D eigenvalue weighted by Gasteiger charge is 1.93. The third-order valence-corrected chi connectivity index (χ3v) is 1.36. The van der Waals surface area contributed by atoms with E-state index < -0.39 is 0 Å². The number of nitrogen functional groups attached to an aromatic ring is 1. The van der Waals surface area contributed by atoms with Gasteiger partial charge < -0.3 is 10.5 Å². The van der Waals surface area contributed by atoms with E-state index in [1.807, 2.05) is 32.0 Å². The van der Waals surface area contributed by atoms with Crippen LogP contribution >= 0.6 is 0 Å². The molecule has 0 amide bonds. The summed E-state index contributed by atoms with van der Waals surface area (Å²) in [6, 6.07) is 7.36. The number of hydrogen-bond donors (Lipinski definition) is 1. The molecule has 1 aromatic carbocycles. The molecule has 0 heterocycles. The molecule has 1 aromatic rings. The van der Waals surface area contributed by atoms with E-state index in [2.05, 4.69) is 0 Å². The number of rotatable bonds is 2. The molecule has 12 heavy (non-hydrogen) atoms. The predicted molar refractivity (Wildman–Crippen MR) is 52.0 cm³/mol. The van der Waals surface area contributed by atoms with Crippen LogP contribution in [-0.4, -0.2) is 6.29 Å². The molecule has 0 aliphatic rings. The average Bonchev–Trinajstić information content (AvgIpc) is 2.13. The first kappa shape index (κ1) is 10.7. The summed E-state index contributed by atoms with van der Waals surface area (Å²) in [5.41, 5.74) is 7.14. The fraction of sp³-hybridized carbons (Fsp3) is 0.300. The van der Waals surface area contributed by atoms with Gasteiger partial charge in [0.1, 0.15) is 6.29 Å². The molecule has 0 unspecified atom stereocenters. The van der Waals surface area contributed by atoms with E-state index >= 15 is 0 Å². The van der Waals surface area contributed by atoms with Gasteiger partial charge in [0.15, 0.2) is 0 Å². The van der Waals surface area contributed by atoms with Crippen molar-refractivity contribution in [1.29, 1.82) is 0 Å². The van der Waals surface area contributed by atoms with Crippen LogP contribution in [0.25, 0.3) is 0 Å². The van der Waals surface area contributed by atoms with E-state index in [1.165, 1.54) is 0 Å². The lowest BCUT2D eigenvalue weighted by atomic mass is 10.1. The largest absolute Gasteiger partial charge is 0.398 e. The van der Waals surface area contributed by atoms with E-state index in [0.717, 1.165) is 11.8 Å². The molecule has 0 atom stereocenters. The van der Waals surface area contributed by atoms with Crippen molar-refractivity contribution in [3.63, 3.8) is 0 Å². The number of anilines is 1. The van der Waals surface area contributed by atoms with Gasteiger partial charge in [-0.1, -0.05) is 32.0 Å². The van der Waals surface area contributed by atoms with Crippen LogP contribution in [0.2, 0.25) is 0 Å². The molecule has 2 N–H and O–H groups in total. The van der Waals surface area contributed by atoms with Gasteiger partial charge in [0.05, 0.1) is 0 Å². The van der Waals surface area contributed by atoms with Crippen LogP contribution in [0.3, 0.4) is 0 Å². The summed E-state index contributed by atoms with van der Waals surface area (Å²) in [7, 11) is 0. The summed E-state index contributed by atoms with van der Waals surface area (Å²) in [6.45, 7) is 4.00. The van der Waals surface area contributed by atoms with Crippen molar-refractivity contribution >= 4 is 12.0 Å². The molecule has 0 aliphatic heterocycles. The van der Waals surface area contributed by atoms with Gasteiger partial charge in [0.2, 0.25) is 0 Å². The summed E-state index contributed by atoms with van der Waals surface area (Å²) < 4.78 is 0. The first-order valence-electron chi connectivity index (χ1n) is 4.11. The van der Waals surface area contributed by atoms with Crippen LogP contribution < -0.4 is 5.73 Å². The normalized spacial score (nSPS) is 8.17. The number of carbonyl (C=O) groups excluding carboxylic acids is 1. The summed E-state index contributed by atoms with van der Waals surface area (Å²) in [4.78, 5) is 10.1. The Morgan fingerprint density at radius 1 is 1.33 bits per heavy atom. The molecule has 0 aromatic heterocycles. The molecule has 2 heteroatoms. The summed E-state index contributed by atoms with van der Waals surface area (Å²) in [6.07, 6.45) is 1.26. The number of carbonyl (C=O) groups is 1. The van der Waals surface area contributed by atoms with E-state index in [0.29, 0.717) is 12.1 Å². The highest BCUT2D eigenvalue weighted by atomic mass is 16.1. The fourth-order valence-electron chi connectivity index (χ4n) is 0.810. The number of para-hydroxylation sites is 1. The maximum absolute atomic E-state index is 10.1. The minimum atomic E-state index is 0.409. The molecule has 0 radical (unpaired) electrons. The van der Waals surface area contributed by atoms with Gasteiger partial charge in [0.25, 0.3) is 0 Å². The second-order valence-electron chi connectivity index (χ2n) is 2.07. The van der Waals surface area contributed by atoms with Crippen molar-refractivity contribution < 1.29 is 4.79 Å². The fourth-order valence-corrected chi connectivity index (χ4v) is 0.810. The number of hydrogen-bond acceptors (Lipinski definition) is 2. The molecule has 0 spiro atoms. The van der Waals surface area contributed by atoms with E-state index in [1.54, 1.807) is 6.07 Å². The minimum Gasteiger partial charge on any atom is -0.398 e. The second kappa shape index (κ2) is 6.40. The summed E-state index contributed by atoms with van der Waals surface area (Å²) in [5.74, 6) is 0. The quantitative estimate of drug-likeness (QED) is 0.538. The van der Waals surface area contributed by atoms with Crippen LogP contribution in [-0.2, 0) is 11.2 Å². The molecule has 1 rings (SSSR count). The van der Waals surface area contributed by atoms with Gasteiger partial charge in [-0.15, -0.1) is 0 Å². The topological polar surface area (TPSA) is 43.1 Å². The third-order valence-electron chi connectivity index (χ3n) is 1.36. The van der Waals surface area contributed by atoms with Crippen LogP contribution in [0.15, 0.2) is 24.3 Å². The monoisotopic (exact) mass is 165 g/mol. The first-order chi connectivity index (χ1) is 5.84. The van der Waals surface area contributed by atoms with Crippen LogP contribution in [0.1, 0.15) is 19.4 Å². The molecule has 0 aliphatic carbocycles. The molecule has 0 bridgehead atoms. The number of aldehydes is 1. The van der Waals surface area contributed by atoms with Crippen molar-refractivity contribution in [2.75, 3.05) is 5.73 Å². The molecular formula is C10H15NO. The lowest BCUT2D eigenvalue weighted by Gasteiger charge is -1.97. The zero-order valence-electron chi connectivity index (χ0n) is 7.58. The van der Waals surface area contributed by atoms with Crippen LogP contribution in [0.4, 0.5) is 5.69 Å². The summed E-state index contributed by atoms with van der Waals surface area (Å²) >= 11 is 0. The Bertz CT molecular complexity index is 233. The smallest absolute Gasteiger partial charge is 0.124 e. The van der Waals surface area contributed by atoms with E-state index in [-0.39, 0.29) is 0 Å². The molecule has 66 valence electrons. The van der Waals surface area contributed by atoms with Crippen LogP contribution in [0, 0.1) is 0 Å². The van der Waals surface area contributed by atoms with Gasteiger partial charge in [-0.05, 0) is 11.6 Å². The predicted octanol–water partition coefficient (Wildman–Crippen LogP) is 2.04. The third kappa shape index (κ3) is 3.19. The van der Waals surface area contributed by atoms with E-state index in [9.17, 15) is 4.79 Å². The van der Waals surface area contributed by atoms with Gasteiger partial charge in [-0.3, -0.25) is 0 Å². The standard InChI is InChI=1S/C8H9NO.C2H6/c9-8-4-2-1-3-7(8)5-6-10;1-2/h1-4,6H,5,9H2;1-2H3. The van der Waals surface area contributed by atoms with Crippen molar-refractivity contribution in [2.24, 2.45) is 0 Å². The SMILES string of the molecule is CC.Nc1ccccc1CC=O. The first-order valence-corrected chi connectivity index (χ1v) is 4.11. The average molecular weight is 165 g/mol. The Morgan fingerprint density at radius 3 is 2.42 bits per heavy atom. The highest BCUT2D eigenvalue weighted by molar-refractivity contribution is 5.60. The van der Waals surface area contributed by atoms with Gasteiger partial charge in [0, 0.05) is 12.1 Å². The lowest BCUT2D eigenvalue weighted by molar-refractivity contribution is -0.107. The number of benzene rings is 1. The summed E-state index contributed by atoms with van der Waals surface area (Å²) in [5, 5.41) is 0. The Hall–Kier alpha value is -1.31. The Balaban J connectivity index is 0.000000561. The molecular weight excluding hydrogens is 150 g/mol. The molecule has 0 fully saturated rings. The van der Waals surface area contributed by atoms with Gasteiger partial charge >= 0.3 is 0 Å². The molecule has 2 nitrogen and oxygen atoms in total. The Kier molecular flexibility index (Phi) is 5.70. The zero-order valence-corrected chi connectivity index (χ0v) is 7.58. The maximum atomic E-state index is 10.1. The maximum Gasteiger partial charge on any atom is 0.124 e. The lowest BCUT2D eigenvalue weighted by Crippen LogP contribution is -1.93. The van der Waals surface area contributed by atoms with Gasteiger partial charge in [-0.25, -0.2) is 0 Å². The van der Waals surface area contributed by atoms with Crippen LogP contribution in [0.5, 0.6) is 0 Å². The highest BCUT2D eigenvalue weighted by Crippen LogP contribution is 2.09. The Morgan fingerprint density at radius 2 is 1.92 bits per heavy atom. The second-order valence-corrected chi connectivity index (χ2v) is 2.07. The zero-order chi connectivity index (χ0) is 9.40. The van der Waals surface area contributed by atoms with Crippen molar-refractivity contribution in [3.05, 3.63) is 29.8 Å². The number of nitrogens with two attached hydrogens (primary N) is 1. The van der Waals surface area contributed by atoms with E-state index in [4.69, 9.17) is 5.73 Å². The van der Waals surface area contributed by atoms with Crippen molar-refractivity contribution in [1.82, 2.24) is 0 Å². The van der Waals surface area contributed by atoms with Crippen molar-refractivity contribution in [2.45, 2.75) is 20.3 Å². The molecule has 0 saturated heterocycles. The molecule has 0 saturated carbocycles. The Labute approximate surface area is 73.4 Å². The van der Waals surface area contributed by atoms with Gasteiger partial charge in [-0.2, -0.15) is 0 Å². The minimum absolute atomic E-state index is 0.409.